The fourth-order valence-corrected chi connectivity index (χ4v) is 4.36. The summed E-state index contributed by atoms with van der Waals surface area (Å²) < 4.78 is 0. The van der Waals surface area contributed by atoms with Crippen LogP contribution in [-0.4, -0.2) is 66.2 Å². The lowest BCUT2D eigenvalue weighted by Gasteiger charge is -2.25. The van der Waals surface area contributed by atoms with Gasteiger partial charge in [-0.25, -0.2) is 9.59 Å². The van der Waals surface area contributed by atoms with Crippen LogP contribution >= 0.6 is 0 Å². The van der Waals surface area contributed by atoms with Gasteiger partial charge >= 0.3 is 12.0 Å². The van der Waals surface area contributed by atoms with Gasteiger partial charge in [0.05, 0.1) is 0 Å². The van der Waals surface area contributed by atoms with E-state index in [1.54, 1.807) is 4.90 Å². The number of carbonyl (C=O) groups excluding carboxylic acids is 1. The Hall–Kier alpha value is -1.30. The third-order valence-electron chi connectivity index (χ3n) is 5.44. The number of hydrogen-bond donors (Lipinski definition) is 2. The van der Waals surface area contributed by atoms with Gasteiger partial charge in [-0.15, -0.1) is 0 Å². The predicted molar refractivity (Wildman–Crippen MR) is 78.0 cm³/mol. The third-order valence-corrected chi connectivity index (χ3v) is 5.44. The molecule has 2 saturated heterocycles. The molecule has 2 N–H and O–H groups in total. The molecular weight excluding hydrogens is 270 g/mol. The number of likely N-dealkylation sites (tertiary alicyclic amines) is 2. The summed E-state index contributed by atoms with van der Waals surface area (Å²) in [5.74, 6) is 0.185. The van der Waals surface area contributed by atoms with Crippen molar-refractivity contribution in [1.82, 2.24) is 15.1 Å². The average molecular weight is 295 g/mol. The number of fused-ring (bicyclic) bond motifs is 1. The van der Waals surface area contributed by atoms with E-state index in [0.29, 0.717) is 24.9 Å². The highest BCUT2D eigenvalue weighted by molar-refractivity contribution is 5.83. The van der Waals surface area contributed by atoms with Crippen molar-refractivity contribution in [3.63, 3.8) is 0 Å². The summed E-state index contributed by atoms with van der Waals surface area (Å²) in [5.41, 5.74) is 0. The molecular formula is C15H25N3O3. The molecule has 0 radical (unpaired) electrons. The van der Waals surface area contributed by atoms with Gasteiger partial charge in [-0.1, -0.05) is 6.42 Å². The summed E-state index contributed by atoms with van der Waals surface area (Å²) in [6, 6.07) is -0.810. The number of carbonyl (C=O) groups is 2. The highest BCUT2D eigenvalue weighted by Gasteiger charge is 2.49. The van der Waals surface area contributed by atoms with Crippen LogP contribution in [0.2, 0.25) is 0 Å². The van der Waals surface area contributed by atoms with Gasteiger partial charge in [-0.05, 0) is 50.6 Å². The SMILES string of the molecule is CN1CCC(CNC(=O)N2CC3CCCC3C2C(=O)O)C1. The van der Waals surface area contributed by atoms with Crippen molar-refractivity contribution >= 4 is 12.0 Å². The van der Waals surface area contributed by atoms with Gasteiger partial charge < -0.3 is 20.2 Å². The maximum atomic E-state index is 12.4. The molecule has 1 aliphatic carbocycles. The second kappa shape index (κ2) is 5.83. The van der Waals surface area contributed by atoms with E-state index in [1.165, 1.54) is 0 Å². The molecule has 0 aromatic heterocycles. The van der Waals surface area contributed by atoms with Crippen molar-refractivity contribution in [2.24, 2.45) is 17.8 Å². The van der Waals surface area contributed by atoms with Gasteiger partial charge in [0.25, 0.3) is 0 Å². The Morgan fingerprint density at radius 2 is 2.05 bits per heavy atom. The minimum Gasteiger partial charge on any atom is -0.480 e. The fourth-order valence-electron chi connectivity index (χ4n) is 4.36. The second-order valence-corrected chi connectivity index (χ2v) is 6.89. The molecule has 3 rings (SSSR count). The van der Waals surface area contributed by atoms with Gasteiger partial charge in [0.2, 0.25) is 0 Å². The number of carboxylic acid groups (broad SMARTS) is 1. The van der Waals surface area contributed by atoms with Crippen LogP contribution < -0.4 is 5.32 Å². The number of nitrogens with zero attached hydrogens (tertiary/aromatic N) is 2. The maximum Gasteiger partial charge on any atom is 0.326 e. The number of nitrogens with one attached hydrogen (secondary N) is 1. The molecule has 4 atom stereocenters. The van der Waals surface area contributed by atoms with Crippen LogP contribution in [0.15, 0.2) is 0 Å². The monoisotopic (exact) mass is 295 g/mol. The lowest BCUT2D eigenvalue weighted by Crippen LogP contribution is -2.48. The van der Waals surface area contributed by atoms with Crippen molar-refractivity contribution in [2.75, 3.05) is 33.2 Å². The van der Waals surface area contributed by atoms with E-state index in [9.17, 15) is 14.7 Å². The van der Waals surface area contributed by atoms with Crippen molar-refractivity contribution in [3.8, 4) is 0 Å². The summed E-state index contributed by atoms with van der Waals surface area (Å²) in [4.78, 5) is 27.7. The van der Waals surface area contributed by atoms with Crippen LogP contribution in [0.25, 0.3) is 0 Å². The molecule has 2 aliphatic heterocycles. The fraction of sp³-hybridized carbons (Fsp3) is 0.867. The van der Waals surface area contributed by atoms with E-state index >= 15 is 0 Å². The molecule has 2 heterocycles. The Labute approximate surface area is 125 Å². The molecule has 118 valence electrons. The Morgan fingerprint density at radius 1 is 1.24 bits per heavy atom. The maximum absolute atomic E-state index is 12.4. The number of urea groups is 1. The zero-order valence-electron chi connectivity index (χ0n) is 12.6. The van der Waals surface area contributed by atoms with E-state index in [1.807, 2.05) is 0 Å². The van der Waals surface area contributed by atoms with Crippen molar-refractivity contribution in [1.29, 1.82) is 0 Å². The molecule has 1 saturated carbocycles. The lowest BCUT2D eigenvalue weighted by atomic mass is 9.94. The zero-order valence-corrected chi connectivity index (χ0v) is 12.6. The van der Waals surface area contributed by atoms with Crippen LogP contribution in [0.4, 0.5) is 4.79 Å². The second-order valence-electron chi connectivity index (χ2n) is 6.89. The summed E-state index contributed by atoms with van der Waals surface area (Å²) >= 11 is 0. The van der Waals surface area contributed by atoms with E-state index in [2.05, 4.69) is 17.3 Å². The van der Waals surface area contributed by atoms with Gasteiger partial charge in [-0.2, -0.15) is 0 Å². The van der Waals surface area contributed by atoms with Crippen LogP contribution in [0.1, 0.15) is 25.7 Å². The van der Waals surface area contributed by atoms with Gasteiger partial charge in [0.15, 0.2) is 0 Å². The molecule has 21 heavy (non-hydrogen) atoms. The largest absolute Gasteiger partial charge is 0.480 e. The van der Waals surface area contributed by atoms with E-state index in [4.69, 9.17) is 0 Å². The highest BCUT2D eigenvalue weighted by Crippen LogP contribution is 2.42. The molecule has 3 aliphatic rings. The zero-order chi connectivity index (χ0) is 15.0. The normalized spacial score (nSPS) is 36.0. The number of rotatable bonds is 3. The Bertz CT molecular complexity index is 428. The molecule has 4 unspecified atom stereocenters. The summed E-state index contributed by atoms with van der Waals surface area (Å²) in [6.07, 6.45) is 4.21. The van der Waals surface area contributed by atoms with Crippen molar-refractivity contribution < 1.29 is 14.7 Å². The molecule has 0 aromatic rings. The molecule has 2 amide bonds. The first-order valence-electron chi connectivity index (χ1n) is 8.02. The van der Waals surface area contributed by atoms with E-state index in [-0.39, 0.29) is 11.9 Å². The van der Waals surface area contributed by atoms with Gasteiger partial charge in [0, 0.05) is 19.6 Å². The van der Waals surface area contributed by atoms with E-state index in [0.717, 1.165) is 38.8 Å². The average Bonchev–Trinajstić information content (AvgIpc) is 3.09. The molecule has 6 nitrogen and oxygen atoms in total. The topological polar surface area (TPSA) is 72.9 Å². The first kappa shape index (κ1) is 14.6. The Morgan fingerprint density at radius 3 is 2.71 bits per heavy atom. The molecule has 0 spiro atoms. The molecule has 6 heteroatoms. The quantitative estimate of drug-likeness (QED) is 0.809. The minimum atomic E-state index is -0.847. The first-order chi connectivity index (χ1) is 10.1. The Balaban J connectivity index is 1.57. The predicted octanol–water partition coefficient (Wildman–Crippen LogP) is 0.833. The number of aliphatic carboxylic acids is 1. The molecule has 0 bridgehead atoms. The lowest BCUT2D eigenvalue weighted by molar-refractivity contribution is -0.142. The van der Waals surface area contributed by atoms with Crippen LogP contribution in [0.5, 0.6) is 0 Å². The van der Waals surface area contributed by atoms with Crippen LogP contribution in [0, 0.1) is 17.8 Å². The number of amides is 2. The number of carboxylic acids is 1. The van der Waals surface area contributed by atoms with E-state index < -0.39 is 12.0 Å². The summed E-state index contributed by atoms with van der Waals surface area (Å²) in [7, 11) is 2.09. The van der Waals surface area contributed by atoms with Crippen molar-refractivity contribution in [3.05, 3.63) is 0 Å². The summed E-state index contributed by atoms with van der Waals surface area (Å²) in [5, 5.41) is 12.4. The first-order valence-corrected chi connectivity index (χ1v) is 8.02. The van der Waals surface area contributed by atoms with Crippen LogP contribution in [0.3, 0.4) is 0 Å². The minimum absolute atomic E-state index is 0.158. The third kappa shape index (κ3) is 2.86. The van der Waals surface area contributed by atoms with Gasteiger partial charge in [-0.3, -0.25) is 0 Å². The molecule has 3 fully saturated rings. The standard InChI is InChI=1S/C15H25N3O3/c1-17-6-5-10(8-17)7-16-15(21)18-9-11-3-2-4-12(11)13(18)14(19)20/h10-13H,2-9H2,1H3,(H,16,21)(H,19,20). The summed E-state index contributed by atoms with van der Waals surface area (Å²) in [6.45, 7) is 3.35. The van der Waals surface area contributed by atoms with Crippen molar-refractivity contribution in [2.45, 2.75) is 31.7 Å². The smallest absolute Gasteiger partial charge is 0.326 e. The highest BCUT2D eigenvalue weighted by atomic mass is 16.4. The molecule has 0 aromatic carbocycles. The Kier molecular flexibility index (Phi) is 4.06. The van der Waals surface area contributed by atoms with Gasteiger partial charge in [0.1, 0.15) is 6.04 Å². The van der Waals surface area contributed by atoms with Crippen LogP contribution in [-0.2, 0) is 4.79 Å². The number of hydrogen-bond acceptors (Lipinski definition) is 3.